The number of ether oxygens (including phenoxy) is 3. The van der Waals surface area contributed by atoms with Crippen molar-refractivity contribution in [3.8, 4) is 0 Å². The molecule has 0 aromatic heterocycles. The number of hydrogen-bond donors (Lipinski definition) is 1. The maximum Gasteiger partial charge on any atom is 0.161 e. The SMILES string of the molecule is CC(NS(=O)C(C)(C)C)C1OC2SC(N(C)C)=NC2C(OCc2ccccc2)C1OCc1ccccc1. The second kappa shape index (κ2) is 12.4. The summed E-state index contributed by atoms with van der Waals surface area (Å²) in [6.45, 7) is 8.74. The van der Waals surface area contributed by atoms with Gasteiger partial charge >= 0.3 is 0 Å². The molecule has 1 saturated heterocycles. The molecule has 2 aliphatic rings. The summed E-state index contributed by atoms with van der Waals surface area (Å²) in [6.07, 6.45) is -1.15. The predicted octanol–water partition coefficient (Wildman–Crippen LogP) is 4.36. The van der Waals surface area contributed by atoms with Crippen molar-refractivity contribution in [3.63, 3.8) is 0 Å². The number of aliphatic imine (C=N–C) groups is 1. The van der Waals surface area contributed by atoms with Gasteiger partial charge in [0, 0.05) is 20.1 Å². The number of benzene rings is 2. The van der Waals surface area contributed by atoms with Crippen molar-refractivity contribution in [2.45, 2.75) is 81.5 Å². The van der Waals surface area contributed by atoms with Crippen LogP contribution in [0.15, 0.2) is 65.7 Å². The first kappa shape index (κ1) is 28.3. The first-order chi connectivity index (χ1) is 17.6. The van der Waals surface area contributed by atoms with E-state index in [1.807, 2.05) is 95.2 Å². The molecule has 2 aromatic rings. The summed E-state index contributed by atoms with van der Waals surface area (Å²) in [5, 5.41) is 0.907. The van der Waals surface area contributed by atoms with Crippen LogP contribution in [0, 0.1) is 0 Å². The minimum atomic E-state index is -1.26. The van der Waals surface area contributed by atoms with E-state index >= 15 is 0 Å². The van der Waals surface area contributed by atoms with Gasteiger partial charge in [-0.15, -0.1) is 0 Å². The maximum atomic E-state index is 13.0. The molecular formula is C28H39N3O4S2. The first-order valence-corrected chi connectivity index (χ1v) is 14.7. The Morgan fingerprint density at radius 2 is 1.54 bits per heavy atom. The fourth-order valence-electron chi connectivity index (χ4n) is 4.30. The van der Waals surface area contributed by atoms with E-state index in [2.05, 4.69) is 16.9 Å². The number of thioether (sulfide) groups is 1. The molecule has 7 unspecified atom stereocenters. The van der Waals surface area contributed by atoms with Crippen molar-refractivity contribution in [3.05, 3.63) is 71.8 Å². The molecule has 7 atom stereocenters. The van der Waals surface area contributed by atoms with E-state index in [0.717, 1.165) is 16.3 Å². The second-order valence-corrected chi connectivity index (χ2v) is 13.8. The Balaban J connectivity index is 1.63. The van der Waals surface area contributed by atoms with E-state index in [-0.39, 0.29) is 29.7 Å². The molecule has 2 heterocycles. The van der Waals surface area contributed by atoms with Crippen LogP contribution >= 0.6 is 11.8 Å². The summed E-state index contributed by atoms with van der Waals surface area (Å²) in [5.41, 5.74) is 1.95. The highest BCUT2D eigenvalue weighted by Gasteiger charge is 2.52. The van der Waals surface area contributed by atoms with Crippen molar-refractivity contribution in [1.29, 1.82) is 0 Å². The lowest BCUT2D eigenvalue weighted by Crippen LogP contribution is -2.62. The van der Waals surface area contributed by atoms with Gasteiger partial charge in [-0.2, -0.15) is 0 Å². The van der Waals surface area contributed by atoms with E-state index in [0.29, 0.717) is 13.2 Å². The third kappa shape index (κ3) is 7.22. The molecule has 2 aromatic carbocycles. The Labute approximate surface area is 227 Å². The van der Waals surface area contributed by atoms with Crippen molar-refractivity contribution in [2.75, 3.05) is 14.1 Å². The van der Waals surface area contributed by atoms with Crippen LogP contribution in [0.1, 0.15) is 38.8 Å². The molecule has 9 heteroatoms. The van der Waals surface area contributed by atoms with Gasteiger partial charge in [0.1, 0.15) is 29.8 Å². The van der Waals surface area contributed by atoms with Crippen LogP contribution < -0.4 is 4.72 Å². The zero-order chi connectivity index (χ0) is 26.6. The van der Waals surface area contributed by atoms with Gasteiger partial charge in [0.15, 0.2) is 5.17 Å². The van der Waals surface area contributed by atoms with Crippen LogP contribution in [0.4, 0.5) is 0 Å². The molecule has 202 valence electrons. The number of hydrogen-bond acceptors (Lipinski definition) is 7. The molecule has 4 rings (SSSR count). The van der Waals surface area contributed by atoms with Crippen molar-refractivity contribution >= 4 is 27.9 Å². The molecule has 0 aliphatic carbocycles. The van der Waals surface area contributed by atoms with Crippen LogP contribution in [0.25, 0.3) is 0 Å². The minimum Gasteiger partial charge on any atom is -0.368 e. The van der Waals surface area contributed by atoms with E-state index in [1.54, 1.807) is 11.8 Å². The zero-order valence-electron chi connectivity index (χ0n) is 22.5. The maximum absolute atomic E-state index is 13.0. The van der Waals surface area contributed by atoms with E-state index < -0.39 is 21.8 Å². The molecule has 0 saturated carbocycles. The number of fused-ring (bicyclic) bond motifs is 1. The summed E-state index contributed by atoms with van der Waals surface area (Å²) in [6, 6.07) is 19.8. The number of amidine groups is 1. The van der Waals surface area contributed by atoms with E-state index in [4.69, 9.17) is 19.2 Å². The molecule has 0 bridgehead atoms. The van der Waals surface area contributed by atoms with Gasteiger partial charge in [0.05, 0.1) is 28.9 Å². The smallest absolute Gasteiger partial charge is 0.161 e. The molecular weight excluding hydrogens is 506 g/mol. The van der Waals surface area contributed by atoms with Crippen molar-refractivity contribution in [1.82, 2.24) is 9.62 Å². The first-order valence-electron chi connectivity index (χ1n) is 12.7. The Kier molecular flexibility index (Phi) is 9.48. The molecule has 0 spiro atoms. The van der Waals surface area contributed by atoms with Crippen molar-refractivity contribution in [2.24, 2.45) is 4.99 Å². The van der Waals surface area contributed by atoms with Gasteiger partial charge in [0.25, 0.3) is 0 Å². The summed E-state index contributed by atoms with van der Waals surface area (Å²) < 4.78 is 35.8. The van der Waals surface area contributed by atoms with Gasteiger partial charge in [0.2, 0.25) is 0 Å². The zero-order valence-corrected chi connectivity index (χ0v) is 24.1. The second-order valence-electron chi connectivity index (χ2n) is 10.7. The van der Waals surface area contributed by atoms with Crippen LogP contribution in [-0.2, 0) is 38.4 Å². The third-order valence-corrected chi connectivity index (χ3v) is 9.33. The fourth-order valence-corrected chi connectivity index (χ4v) is 6.26. The minimum absolute atomic E-state index is 0.216. The summed E-state index contributed by atoms with van der Waals surface area (Å²) in [5.74, 6) is 0. The lowest BCUT2D eigenvalue weighted by molar-refractivity contribution is -0.202. The van der Waals surface area contributed by atoms with Crippen LogP contribution in [-0.4, -0.2) is 69.0 Å². The van der Waals surface area contributed by atoms with Gasteiger partial charge in [-0.3, -0.25) is 4.99 Å². The van der Waals surface area contributed by atoms with Gasteiger partial charge in [-0.05, 0) is 38.8 Å². The Morgan fingerprint density at radius 3 is 2.05 bits per heavy atom. The fraction of sp³-hybridized carbons (Fsp3) is 0.536. The molecule has 37 heavy (non-hydrogen) atoms. The molecule has 2 aliphatic heterocycles. The molecule has 1 fully saturated rings. The number of nitrogens with zero attached hydrogens (tertiary/aromatic N) is 2. The molecule has 7 nitrogen and oxygen atoms in total. The van der Waals surface area contributed by atoms with Gasteiger partial charge in [-0.25, -0.2) is 8.93 Å². The highest BCUT2D eigenvalue weighted by molar-refractivity contribution is 8.14. The molecule has 0 radical (unpaired) electrons. The predicted molar refractivity (Wildman–Crippen MR) is 152 cm³/mol. The summed E-state index contributed by atoms with van der Waals surface area (Å²) in [7, 11) is 2.71. The van der Waals surface area contributed by atoms with Gasteiger partial charge < -0.3 is 19.1 Å². The lowest BCUT2D eigenvalue weighted by Gasteiger charge is -2.45. The summed E-state index contributed by atoms with van der Waals surface area (Å²) >= 11 is 1.60. The van der Waals surface area contributed by atoms with Gasteiger partial charge in [-0.1, -0.05) is 72.4 Å². The van der Waals surface area contributed by atoms with E-state index in [1.165, 1.54) is 0 Å². The Bertz CT molecular complexity index is 1060. The van der Waals surface area contributed by atoms with E-state index in [9.17, 15) is 4.21 Å². The topological polar surface area (TPSA) is 72.4 Å². The number of nitrogens with one attached hydrogen (secondary N) is 1. The highest BCUT2D eigenvalue weighted by atomic mass is 32.2. The Hall–Kier alpha value is -1.75. The van der Waals surface area contributed by atoms with Crippen molar-refractivity contribution < 1.29 is 18.4 Å². The average molecular weight is 546 g/mol. The largest absolute Gasteiger partial charge is 0.368 e. The average Bonchev–Trinajstić information content (AvgIpc) is 3.31. The standard InChI is InChI=1S/C28H39N3O4S2/c1-19(30-37(32)28(2,3)4)23-25(34-18-21-15-11-8-12-16-21)24(33-17-20-13-9-7-10-14-20)22-26(35-23)36-27(29-22)31(5)6/h7-16,19,22-26,30H,17-18H2,1-6H3. The lowest BCUT2D eigenvalue weighted by atomic mass is 9.94. The highest BCUT2D eigenvalue weighted by Crippen LogP contribution is 2.40. The number of rotatable bonds is 9. The third-order valence-electron chi connectivity index (χ3n) is 6.33. The van der Waals surface area contributed by atoms with Crippen LogP contribution in [0.2, 0.25) is 0 Å². The van der Waals surface area contributed by atoms with Crippen LogP contribution in [0.5, 0.6) is 0 Å². The summed E-state index contributed by atoms with van der Waals surface area (Å²) in [4.78, 5) is 7.00. The molecule has 0 amide bonds. The molecule has 1 N–H and O–H groups in total. The van der Waals surface area contributed by atoms with Crippen LogP contribution in [0.3, 0.4) is 0 Å². The Morgan fingerprint density at radius 1 is 1.00 bits per heavy atom. The normalized spacial score (nSPS) is 27.3. The monoisotopic (exact) mass is 545 g/mol. The quantitative estimate of drug-likeness (QED) is 0.505.